The van der Waals surface area contributed by atoms with E-state index in [0.29, 0.717) is 11.7 Å². The molecule has 224 valence electrons. The van der Waals surface area contributed by atoms with Gasteiger partial charge in [-0.3, -0.25) is 14.4 Å². The maximum Gasteiger partial charge on any atom is 0.329 e. The highest BCUT2D eigenvalue weighted by Gasteiger charge is 2.42. The number of thioether (sulfide) groups is 1. The fraction of sp³-hybridized carbons (Fsp3) is 0.567. The van der Waals surface area contributed by atoms with Gasteiger partial charge in [-0.05, 0) is 51.7 Å². The zero-order valence-electron chi connectivity index (χ0n) is 24.1. The summed E-state index contributed by atoms with van der Waals surface area (Å²) in [6.07, 6.45) is 4.08. The van der Waals surface area contributed by atoms with E-state index in [0.717, 1.165) is 24.2 Å². The summed E-state index contributed by atoms with van der Waals surface area (Å²) in [6.45, 7) is 8.63. The third-order valence-electron chi connectivity index (χ3n) is 6.93. The predicted octanol–water partition coefficient (Wildman–Crippen LogP) is 2.80. The van der Waals surface area contributed by atoms with Crippen LogP contribution in [-0.4, -0.2) is 70.4 Å². The van der Waals surface area contributed by atoms with E-state index in [2.05, 4.69) is 27.8 Å². The molecule has 2 heterocycles. The summed E-state index contributed by atoms with van der Waals surface area (Å²) < 4.78 is 5.48. The number of unbranched alkanes of at least 4 members (excludes halogenated alkanes) is 1. The molecule has 4 N–H and O–H groups in total. The van der Waals surface area contributed by atoms with Crippen molar-refractivity contribution in [2.75, 3.05) is 5.75 Å². The molecule has 1 aromatic carbocycles. The Bertz CT molecular complexity index is 1110. The Kier molecular flexibility index (Phi) is 11.8. The normalized spacial score (nSPS) is 21.0. The van der Waals surface area contributed by atoms with Crippen LogP contribution in [0.1, 0.15) is 64.9 Å². The molecule has 2 aliphatic rings. The van der Waals surface area contributed by atoms with Crippen molar-refractivity contribution >= 4 is 41.4 Å². The van der Waals surface area contributed by atoms with Gasteiger partial charge >= 0.3 is 12.0 Å². The van der Waals surface area contributed by atoms with Crippen LogP contribution in [0, 0.1) is 0 Å². The van der Waals surface area contributed by atoms with Gasteiger partial charge in [0.05, 0.1) is 12.1 Å². The van der Waals surface area contributed by atoms with Gasteiger partial charge in [0, 0.05) is 30.3 Å². The monoisotopic (exact) mass is 586 g/mol. The molecule has 11 heteroatoms. The number of ether oxygens (including phenoxy) is 1. The average molecular weight is 587 g/mol. The van der Waals surface area contributed by atoms with Crippen LogP contribution in [0.4, 0.5) is 4.79 Å². The summed E-state index contributed by atoms with van der Waals surface area (Å²) in [6, 6.07) is 7.49. The molecule has 2 aliphatic heterocycles. The first-order valence-electron chi connectivity index (χ1n) is 14.2. The number of esters is 1. The quantitative estimate of drug-likeness (QED) is 0.107. The van der Waals surface area contributed by atoms with E-state index in [9.17, 15) is 24.0 Å². The summed E-state index contributed by atoms with van der Waals surface area (Å²) in [5.74, 6) is -0.795. The number of urea groups is 1. The topological polar surface area (TPSA) is 143 Å². The van der Waals surface area contributed by atoms with Crippen molar-refractivity contribution < 1.29 is 28.7 Å². The van der Waals surface area contributed by atoms with Crippen LogP contribution in [0.2, 0.25) is 0 Å². The molecule has 4 amide bonds. The second kappa shape index (κ2) is 15.0. The van der Waals surface area contributed by atoms with Gasteiger partial charge in [-0.25, -0.2) is 9.59 Å². The lowest BCUT2D eigenvalue weighted by molar-refractivity contribution is -0.159. The molecule has 1 aromatic rings. The molecule has 2 saturated heterocycles. The van der Waals surface area contributed by atoms with Gasteiger partial charge in [-0.1, -0.05) is 43.3 Å². The molecule has 10 nitrogen and oxygen atoms in total. The van der Waals surface area contributed by atoms with Crippen LogP contribution in [-0.2, 0) is 30.3 Å². The van der Waals surface area contributed by atoms with Crippen molar-refractivity contribution in [3.8, 4) is 0 Å². The van der Waals surface area contributed by atoms with Crippen LogP contribution in [0.3, 0.4) is 0 Å². The lowest BCUT2D eigenvalue weighted by Gasteiger charge is -2.26. The molecule has 0 spiro atoms. The number of allylic oxidation sites excluding steroid dienone is 1. The maximum atomic E-state index is 13.4. The zero-order valence-corrected chi connectivity index (χ0v) is 24.9. The van der Waals surface area contributed by atoms with Crippen LogP contribution < -0.4 is 21.3 Å². The zero-order chi connectivity index (χ0) is 30.0. The fourth-order valence-electron chi connectivity index (χ4n) is 4.88. The molecular formula is C30H42N4O6S. The van der Waals surface area contributed by atoms with Crippen molar-refractivity contribution in [2.24, 2.45) is 0 Å². The van der Waals surface area contributed by atoms with E-state index < -0.39 is 29.6 Å². The Morgan fingerprint density at radius 3 is 2.49 bits per heavy atom. The van der Waals surface area contributed by atoms with E-state index in [4.69, 9.17) is 4.74 Å². The number of ketones is 1. The Labute approximate surface area is 246 Å². The number of benzene rings is 1. The van der Waals surface area contributed by atoms with Crippen molar-refractivity contribution in [1.82, 2.24) is 21.3 Å². The summed E-state index contributed by atoms with van der Waals surface area (Å²) in [7, 11) is 0. The molecule has 3 rings (SSSR count). The third-order valence-corrected chi connectivity index (χ3v) is 8.44. The van der Waals surface area contributed by atoms with E-state index in [1.165, 1.54) is 6.08 Å². The van der Waals surface area contributed by atoms with Crippen molar-refractivity contribution in [3.63, 3.8) is 0 Å². The number of carbonyl (C=O) groups excluding carboxylic acids is 5. The average Bonchev–Trinajstić information content (AvgIpc) is 3.46. The first-order chi connectivity index (χ1) is 19.4. The Balaban J connectivity index is 1.59. The van der Waals surface area contributed by atoms with Crippen molar-refractivity contribution in [2.45, 2.75) is 101 Å². The van der Waals surface area contributed by atoms with Gasteiger partial charge in [0.25, 0.3) is 0 Å². The Hall–Kier alpha value is -3.34. The summed E-state index contributed by atoms with van der Waals surface area (Å²) in [4.78, 5) is 62.7. The molecule has 0 unspecified atom stereocenters. The fourth-order valence-corrected chi connectivity index (χ4v) is 6.43. The largest absolute Gasteiger partial charge is 0.458 e. The number of hydrogen-bond donors (Lipinski definition) is 4. The van der Waals surface area contributed by atoms with Crippen LogP contribution in [0.5, 0.6) is 0 Å². The van der Waals surface area contributed by atoms with E-state index >= 15 is 0 Å². The highest BCUT2D eigenvalue weighted by Crippen LogP contribution is 2.33. The molecule has 0 bridgehead atoms. The smallest absolute Gasteiger partial charge is 0.329 e. The first kappa shape index (κ1) is 32.2. The molecule has 0 saturated carbocycles. The maximum absolute atomic E-state index is 13.4. The predicted molar refractivity (Wildman–Crippen MR) is 158 cm³/mol. The number of nitrogens with one attached hydrogen (secondary N) is 4. The van der Waals surface area contributed by atoms with Gasteiger partial charge in [-0.2, -0.15) is 11.8 Å². The number of fused-ring (bicyclic) bond motifs is 1. The third kappa shape index (κ3) is 10.5. The second-order valence-corrected chi connectivity index (χ2v) is 12.8. The van der Waals surface area contributed by atoms with E-state index in [-0.39, 0.29) is 55.5 Å². The van der Waals surface area contributed by atoms with Crippen LogP contribution in [0.15, 0.2) is 43.0 Å². The van der Waals surface area contributed by atoms with Crippen LogP contribution >= 0.6 is 11.8 Å². The minimum atomic E-state index is -1.06. The van der Waals surface area contributed by atoms with Gasteiger partial charge in [-0.15, -0.1) is 0 Å². The van der Waals surface area contributed by atoms with Gasteiger partial charge in [0.15, 0.2) is 5.78 Å². The molecule has 2 fully saturated rings. The van der Waals surface area contributed by atoms with Crippen molar-refractivity contribution in [3.05, 3.63) is 48.6 Å². The number of amides is 4. The molecule has 41 heavy (non-hydrogen) atoms. The van der Waals surface area contributed by atoms with Gasteiger partial charge in [0.1, 0.15) is 17.7 Å². The summed E-state index contributed by atoms with van der Waals surface area (Å²) >= 11 is 1.83. The standard InChI is InChI=1S/C30H42N4O6S/c1-5-20(35)15-16-21(28(38)40-30(2,3)4)32-27(37)22(17-19-11-7-6-8-12-19)31-25(36)14-10-9-13-24-26-23(18-41-24)33-29(39)34-26/h5-8,11-12,21-24,26H,1,9-10,13-18H2,2-4H3,(H,31,36)(H,32,37)(H2,33,34,39)/t21-,22-,23-,24-,26-/m0/s1. The molecule has 0 aliphatic carbocycles. The number of hydrogen-bond acceptors (Lipinski definition) is 7. The van der Waals surface area contributed by atoms with Gasteiger partial charge in [0.2, 0.25) is 11.8 Å². The molecule has 0 radical (unpaired) electrons. The minimum Gasteiger partial charge on any atom is -0.458 e. The highest BCUT2D eigenvalue weighted by molar-refractivity contribution is 8.00. The second-order valence-electron chi connectivity index (χ2n) is 11.5. The Morgan fingerprint density at radius 1 is 1.07 bits per heavy atom. The lowest BCUT2D eigenvalue weighted by atomic mass is 10.0. The molecular weight excluding hydrogens is 544 g/mol. The molecule has 5 atom stereocenters. The highest BCUT2D eigenvalue weighted by atomic mass is 32.2. The number of rotatable bonds is 15. The summed E-state index contributed by atoms with van der Waals surface area (Å²) in [5, 5.41) is 11.8. The minimum absolute atomic E-state index is 0.0179. The first-order valence-corrected chi connectivity index (χ1v) is 15.2. The van der Waals surface area contributed by atoms with Gasteiger partial charge < -0.3 is 26.0 Å². The summed E-state index contributed by atoms with van der Waals surface area (Å²) in [5.41, 5.74) is 0.0708. The van der Waals surface area contributed by atoms with E-state index in [1.54, 1.807) is 20.8 Å². The number of carbonyl (C=O) groups is 5. The molecule has 0 aromatic heterocycles. The van der Waals surface area contributed by atoms with Crippen molar-refractivity contribution in [1.29, 1.82) is 0 Å². The lowest BCUT2D eigenvalue weighted by Crippen LogP contribution is -2.53. The van der Waals surface area contributed by atoms with E-state index in [1.807, 2.05) is 42.1 Å². The SMILES string of the molecule is C=CC(=O)CC[C@H](NC(=O)[C@H](Cc1ccccc1)NC(=O)CCCC[C@@H]1SC[C@@H]2NC(=O)N[C@@H]21)C(=O)OC(C)(C)C. The van der Waals surface area contributed by atoms with Crippen LogP contribution in [0.25, 0.3) is 0 Å². The Morgan fingerprint density at radius 2 is 1.80 bits per heavy atom.